The maximum Gasteiger partial charge on any atom is 0.472 e. The van der Waals surface area contributed by atoms with E-state index >= 15 is 0 Å². The first-order chi connectivity index (χ1) is 49.7. The fourth-order valence-electron chi connectivity index (χ4n) is 9.19. The van der Waals surface area contributed by atoms with Crippen molar-refractivity contribution in [2.75, 3.05) is 39.6 Å². The molecule has 5 atom stereocenters. The van der Waals surface area contributed by atoms with Crippen molar-refractivity contribution in [3.05, 3.63) is 182 Å². The predicted molar refractivity (Wildman–Crippen MR) is 417 cm³/mol. The summed E-state index contributed by atoms with van der Waals surface area (Å²) in [6, 6.07) is 0. The van der Waals surface area contributed by atoms with Crippen molar-refractivity contribution in [2.45, 2.75) is 277 Å². The van der Waals surface area contributed by atoms with Crippen molar-refractivity contribution in [3.63, 3.8) is 0 Å². The van der Waals surface area contributed by atoms with Gasteiger partial charge in [-0.25, -0.2) is 9.13 Å². The van der Waals surface area contributed by atoms with Gasteiger partial charge in [-0.2, -0.15) is 0 Å². The molecule has 0 aromatic rings. The van der Waals surface area contributed by atoms with Gasteiger partial charge in [-0.15, -0.1) is 0 Å². The molecule has 0 aliphatic carbocycles. The topological polar surface area (TPSA) is 237 Å². The van der Waals surface area contributed by atoms with Crippen molar-refractivity contribution in [2.24, 2.45) is 0 Å². The highest BCUT2D eigenvalue weighted by atomic mass is 31.2. The van der Waals surface area contributed by atoms with Crippen LogP contribution in [0.1, 0.15) is 259 Å². The molecule has 0 saturated carbocycles. The van der Waals surface area contributed by atoms with Crippen LogP contribution >= 0.6 is 15.6 Å². The Hall–Kier alpha value is -5.84. The van der Waals surface area contributed by atoms with Crippen molar-refractivity contribution >= 4 is 39.5 Å². The Balaban J connectivity index is 5.52. The summed E-state index contributed by atoms with van der Waals surface area (Å²) in [5.74, 6) is -2.45. The zero-order valence-corrected chi connectivity index (χ0v) is 64.5. The number of carbonyl (C=O) groups is 4. The number of aliphatic hydroxyl groups is 1. The molecule has 102 heavy (non-hydrogen) atoms. The van der Waals surface area contributed by atoms with Gasteiger partial charge in [-0.1, -0.05) is 261 Å². The van der Waals surface area contributed by atoms with Gasteiger partial charge in [0.25, 0.3) is 0 Å². The van der Waals surface area contributed by atoms with Gasteiger partial charge in [0.1, 0.15) is 19.3 Å². The van der Waals surface area contributed by atoms with E-state index in [0.717, 1.165) is 154 Å². The molecule has 0 radical (unpaired) electrons. The Bertz CT molecular complexity index is 2650. The van der Waals surface area contributed by atoms with E-state index in [1.165, 1.54) is 19.3 Å². The maximum absolute atomic E-state index is 13.1. The van der Waals surface area contributed by atoms with Crippen molar-refractivity contribution in [1.29, 1.82) is 0 Å². The molecule has 0 aliphatic heterocycles. The summed E-state index contributed by atoms with van der Waals surface area (Å²) in [6.07, 6.45) is 87.8. The number of hydrogen-bond donors (Lipinski definition) is 3. The molecule has 19 heteroatoms. The van der Waals surface area contributed by atoms with E-state index in [2.05, 4.69) is 174 Å². The van der Waals surface area contributed by atoms with E-state index in [0.29, 0.717) is 32.1 Å². The first-order valence-corrected chi connectivity index (χ1v) is 41.0. The van der Waals surface area contributed by atoms with Gasteiger partial charge in [0.05, 0.1) is 32.8 Å². The minimum atomic E-state index is -5.01. The molecule has 17 nitrogen and oxygen atoms in total. The summed E-state index contributed by atoms with van der Waals surface area (Å²) < 4.78 is 68.3. The van der Waals surface area contributed by atoms with Gasteiger partial charge in [0.2, 0.25) is 0 Å². The molecule has 0 aromatic carbocycles. The van der Waals surface area contributed by atoms with Crippen molar-refractivity contribution in [1.82, 2.24) is 0 Å². The van der Waals surface area contributed by atoms with E-state index in [4.69, 9.17) is 37.0 Å². The summed E-state index contributed by atoms with van der Waals surface area (Å²) >= 11 is 0. The summed E-state index contributed by atoms with van der Waals surface area (Å²) in [4.78, 5) is 72.8. The van der Waals surface area contributed by atoms with Crippen LogP contribution in [0.3, 0.4) is 0 Å². The molecule has 0 fully saturated rings. The van der Waals surface area contributed by atoms with E-state index < -0.39 is 97.5 Å². The van der Waals surface area contributed by atoms with Gasteiger partial charge in [0.15, 0.2) is 12.2 Å². The van der Waals surface area contributed by atoms with E-state index in [1.54, 1.807) is 6.08 Å². The number of phosphoric ester groups is 2. The number of allylic oxidation sites excluding steroid dienone is 29. The fourth-order valence-corrected chi connectivity index (χ4v) is 10.8. The molecule has 0 aliphatic rings. The SMILES string of the molecule is CC/C=C\C/C=C\C/C=C\C/C=C\C/C=C\CCCC(=O)OCC(COP(=O)(O)OCC(O)COP(=O)(O)OCC(COC(=O)C/C=C\C/C=C\C/C=C\C/C=C\C/C=C\CC)OC(=O)CCCCCCC/C=C\C/C=C\C/C=C\CC)OC(=O)CCCCCCC/C=C\C/C=C\CCCCC. The Labute approximate surface area is 615 Å². The second kappa shape index (κ2) is 73.5. The molecule has 0 heterocycles. The van der Waals surface area contributed by atoms with Crippen LogP contribution in [-0.2, 0) is 65.4 Å². The smallest absolute Gasteiger partial charge is 0.462 e. The number of carbonyl (C=O) groups excluding carboxylic acids is 4. The zero-order valence-electron chi connectivity index (χ0n) is 62.7. The molecular formula is C83H132O17P2. The number of hydrogen-bond acceptors (Lipinski definition) is 15. The summed E-state index contributed by atoms with van der Waals surface area (Å²) in [6.45, 7) is 4.25. The Morgan fingerprint density at radius 3 is 0.902 bits per heavy atom. The highest BCUT2D eigenvalue weighted by molar-refractivity contribution is 7.47. The summed E-state index contributed by atoms with van der Waals surface area (Å²) in [5, 5.41) is 10.6. The molecule has 0 rings (SSSR count). The van der Waals surface area contributed by atoms with Crippen molar-refractivity contribution in [3.8, 4) is 0 Å². The lowest BCUT2D eigenvalue weighted by molar-refractivity contribution is -0.161. The van der Waals surface area contributed by atoms with Gasteiger partial charge < -0.3 is 33.8 Å². The third-order valence-corrected chi connectivity index (χ3v) is 16.8. The van der Waals surface area contributed by atoms with Gasteiger partial charge in [-0.05, 0) is 154 Å². The second-order valence-electron chi connectivity index (χ2n) is 24.5. The fraction of sp³-hybridized carbons (Fsp3) is 0.590. The van der Waals surface area contributed by atoms with Crippen LogP contribution in [-0.4, -0.2) is 96.7 Å². The van der Waals surface area contributed by atoms with Gasteiger partial charge in [0, 0.05) is 19.3 Å². The monoisotopic (exact) mass is 1460 g/mol. The standard InChI is InChI=1S/C83H132O17P2/c1-5-9-13-17-21-25-29-33-37-38-42-44-48-52-56-60-64-68-81(86)94-74-79(100-83(88)70-66-62-58-54-50-46-41-36-32-28-24-20-16-12-8-4)76-98-102(91,92)96-72-77(84)71-95-101(89,90)97-75-78(99-82(87)69-65-61-57-53-49-45-40-35-31-27-23-19-15-11-7-3)73-93-80(85)67-63-59-55-51-47-43-39-34-30-26-22-18-14-10-6-2/h9-11,13-15,21-28,33-37,39-42,44,47,51-52,56,59,63,77-79,84H,5-8,12,16-20,29-32,38,43,45-46,48-50,53-55,57-58,60-62,64-76H2,1-4H3,(H,89,90)(H,91,92)/b13-9-,14-10-,15-11-,25-21-,26-22-,27-23-,28-24-,37-33-,39-34-,40-35-,41-36-,44-42-,51-47-,56-52-,63-59-. The Kier molecular flexibility index (Phi) is 69.3. The largest absolute Gasteiger partial charge is 0.472 e. The third kappa shape index (κ3) is 72.5. The van der Waals surface area contributed by atoms with Crippen LogP contribution in [0, 0.1) is 0 Å². The van der Waals surface area contributed by atoms with Crippen LogP contribution in [0.4, 0.5) is 0 Å². The summed E-state index contributed by atoms with van der Waals surface area (Å²) in [5.41, 5.74) is 0. The second-order valence-corrected chi connectivity index (χ2v) is 27.4. The first-order valence-electron chi connectivity index (χ1n) is 38.0. The number of esters is 4. The molecule has 0 bridgehead atoms. The highest BCUT2D eigenvalue weighted by Gasteiger charge is 2.30. The number of phosphoric acid groups is 2. The molecule has 0 saturated heterocycles. The molecule has 0 spiro atoms. The van der Waals surface area contributed by atoms with Crippen molar-refractivity contribution < 1.29 is 80.2 Å². The number of aliphatic hydroxyl groups excluding tert-OH is 1. The van der Waals surface area contributed by atoms with Crippen LogP contribution < -0.4 is 0 Å². The lowest BCUT2D eigenvalue weighted by Gasteiger charge is -2.21. The average molecular weight is 1460 g/mol. The lowest BCUT2D eigenvalue weighted by atomic mass is 10.1. The number of ether oxygens (including phenoxy) is 4. The highest BCUT2D eigenvalue weighted by Crippen LogP contribution is 2.45. The molecule has 576 valence electrons. The molecule has 0 aromatic heterocycles. The summed E-state index contributed by atoms with van der Waals surface area (Å²) in [7, 11) is -10.0. The molecule has 5 unspecified atom stereocenters. The third-order valence-electron chi connectivity index (χ3n) is 14.9. The zero-order chi connectivity index (χ0) is 74.6. The van der Waals surface area contributed by atoms with Crippen LogP contribution in [0.25, 0.3) is 0 Å². The Morgan fingerprint density at radius 1 is 0.294 bits per heavy atom. The van der Waals surface area contributed by atoms with Crippen LogP contribution in [0.15, 0.2) is 182 Å². The molecule has 3 N–H and O–H groups in total. The first kappa shape index (κ1) is 96.2. The molecule has 0 amide bonds. The lowest BCUT2D eigenvalue weighted by Crippen LogP contribution is -2.30. The maximum atomic E-state index is 13.1. The average Bonchev–Trinajstić information content (AvgIpc) is 0.923. The van der Waals surface area contributed by atoms with Crippen LogP contribution in [0.2, 0.25) is 0 Å². The van der Waals surface area contributed by atoms with E-state index in [1.807, 2.05) is 30.4 Å². The van der Waals surface area contributed by atoms with Crippen LogP contribution in [0.5, 0.6) is 0 Å². The normalized spacial score (nSPS) is 14.9. The predicted octanol–water partition coefficient (Wildman–Crippen LogP) is 22.0. The minimum Gasteiger partial charge on any atom is -0.462 e. The van der Waals surface area contributed by atoms with E-state index in [-0.39, 0.29) is 25.7 Å². The minimum absolute atomic E-state index is 0.0474. The quantitative estimate of drug-likeness (QED) is 0.0169. The number of unbranched alkanes of at least 4 members (excludes halogenated alkanes) is 14. The van der Waals surface area contributed by atoms with E-state index in [9.17, 15) is 43.2 Å². The Morgan fingerprint density at radius 2 is 0.559 bits per heavy atom. The molecular weight excluding hydrogens is 1330 g/mol. The van der Waals surface area contributed by atoms with Gasteiger partial charge in [-0.3, -0.25) is 37.3 Å². The van der Waals surface area contributed by atoms with Gasteiger partial charge >= 0.3 is 39.5 Å². The number of rotatable bonds is 69.